The molecule has 3 nitrogen and oxygen atoms in total. The Bertz CT molecular complexity index is 245. The molecule has 0 aromatic rings. The molecule has 0 radical (unpaired) electrons. The van der Waals surface area contributed by atoms with Crippen molar-refractivity contribution in [3.05, 3.63) is 0 Å². The molecule has 1 unspecified atom stereocenters. The van der Waals surface area contributed by atoms with Crippen molar-refractivity contribution in [2.24, 2.45) is 5.41 Å². The molecule has 2 rings (SSSR count). The van der Waals surface area contributed by atoms with E-state index in [-0.39, 0.29) is 5.41 Å². The Labute approximate surface area is 102 Å². The fourth-order valence-corrected chi connectivity index (χ4v) is 3.79. The third-order valence-corrected chi connectivity index (χ3v) is 5.15. The Hall–Kier alpha value is -0.220. The van der Waals surface area contributed by atoms with Gasteiger partial charge < -0.3 is 10.6 Å². The summed E-state index contributed by atoms with van der Waals surface area (Å²) in [6.45, 7) is 4.12. The molecule has 2 N–H and O–H groups in total. The minimum Gasteiger partial charge on any atom is -0.352 e. The number of carbonyl (C=O) groups excluding carboxylic acids is 1. The van der Waals surface area contributed by atoms with Crippen LogP contribution in [0.3, 0.4) is 0 Å². The number of hydrogen-bond acceptors (Lipinski definition) is 3. The van der Waals surface area contributed by atoms with E-state index >= 15 is 0 Å². The highest BCUT2D eigenvalue weighted by Gasteiger charge is 2.38. The van der Waals surface area contributed by atoms with E-state index in [4.69, 9.17) is 0 Å². The molecular formula is C12H22N2OS. The lowest BCUT2D eigenvalue weighted by Gasteiger charge is -2.36. The fourth-order valence-electron chi connectivity index (χ4n) is 2.63. The van der Waals surface area contributed by atoms with E-state index < -0.39 is 0 Å². The van der Waals surface area contributed by atoms with Crippen LogP contribution in [-0.4, -0.2) is 36.5 Å². The lowest BCUT2D eigenvalue weighted by atomic mass is 9.75. The zero-order valence-corrected chi connectivity index (χ0v) is 10.9. The van der Waals surface area contributed by atoms with Crippen molar-refractivity contribution in [3.8, 4) is 0 Å². The molecule has 1 atom stereocenters. The van der Waals surface area contributed by atoms with Gasteiger partial charge in [0.2, 0.25) is 5.91 Å². The molecule has 92 valence electrons. The topological polar surface area (TPSA) is 41.1 Å². The van der Waals surface area contributed by atoms with Crippen LogP contribution in [0, 0.1) is 5.41 Å². The van der Waals surface area contributed by atoms with Gasteiger partial charge >= 0.3 is 0 Å². The van der Waals surface area contributed by atoms with Gasteiger partial charge in [0.25, 0.3) is 0 Å². The van der Waals surface area contributed by atoms with Gasteiger partial charge in [0.05, 0.1) is 5.41 Å². The Kier molecular flexibility index (Phi) is 4.14. The number of piperidine rings is 1. The normalized spacial score (nSPS) is 28.9. The third-order valence-electron chi connectivity index (χ3n) is 3.98. The molecule has 0 bridgehead atoms. The van der Waals surface area contributed by atoms with Crippen LogP contribution in [0.25, 0.3) is 0 Å². The van der Waals surface area contributed by atoms with E-state index in [1.165, 1.54) is 5.75 Å². The number of amides is 1. The summed E-state index contributed by atoms with van der Waals surface area (Å²) in [7, 11) is 0. The lowest BCUT2D eigenvalue weighted by Crippen LogP contribution is -2.50. The first-order chi connectivity index (χ1) is 7.77. The molecule has 2 saturated heterocycles. The van der Waals surface area contributed by atoms with Crippen LogP contribution in [-0.2, 0) is 4.79 Å². The SMILES string of the molecule is CCC1(C(=O)NC2CCSC2)CCNCC1. The molecule has 0 spiro atoms. The second-order valence-corrected chi connectivity index (χ2v) is 6.07. The maximum absolute atomic E-state index is 12.4. The Balaban J connectivity index is 1.94. The van der Waals surface area contributed by atoms with Gasteiger partial charge in [-0.1, -0.05) is 6.92 Å². The molecule has 1 amide bonds. The molecule has 0 aliphatic carbocycles. The predicted molar refractivity (Wildman–Crippen MR) is 68.7 cm³/mol. The van der Waals surface area contributed by atoms with E-state index in [1.807, 2.05) is 11.8 Å². The van der Waals surface area contributed by atoms with Gasteiger partial charge in [0.15, 0.2) is 0 Å². The van der Waals surface area contributed by atoms with Crippen molar-refractivity contribution in [2.75, 3.05) is 24.6 Å². The number of thioether (sulfide) groups is 1. The molecule has 16 heavy (non-hydrogen) atoms. The van der Waals surface area contributed by atoms with E-state index in [0.29, 0.717) is 11.9 Å². The number of carbonyl (C=O) groups is 1. The molecule has 2 heterocycles. The summed E-state index contributed by atoms with van der Waals surface area (Å²) in [6, 6.07) is 0.427. The molecular weight excluding hydrogens is 220 g/mol. The van der Waals surface area contributed by atoms with Crippen LogP contribution >= 0.6 is 11.8 Å². The van der Waals surface area contributed by atoms with Crippen molar-refractivity contribution in [3.63, 3.8) is 0 Å². The summed E-state index contributed by atoms with van der Waals surface area (Å²) >= 11 is 1.95. The summed E-state index contributed by atoms with van der Waals surface area (Å²) < 4.78 is 0. The predicted octanol–water partition coefficient (Wildman–Crippen LogP) is 1.39. The molecule has 2 aliphatic heterocycles. The average molecular weight is 242 g/mol. The van der Waals surface area contributed by atoms with Gasteiger partial charge in [-0.2, -0.15) is 11.8 Å². The Morgan fingerprint density at radius 3 is 2.81 bits per heavy atom. The van der Waals surface area contributed by atoms with Crippen LogP contribution in [0.15, 0.2) is 0 Å². The zero-order valence-electron chi connectivity index (χ0n) is 10.1. The minimum atomic E-state index is -0.0848. The summed E-state index contributed by atoms with van der Waals surface area (Å²) in [4.78, 5) is 12.4. The number of rotatable bonds is 3. The Morgan fingerprint density at radius 2 is 2.25 bits per heavy atom. The maximum atomic E-state index is 12.4. The molecule has 0 aromatic heterocycles. The second kappa shape index (κ2) is 5.41. The van der Waals surface area contributed by atoms with Crippen LogP contribution in [0.1, 0.15) is 32.6 Å². The van der Waals surface area contributed by atoms with Gasteiger partial charge in [0.1, 0.15) is 0 Å². The number of nitrogens with one attached hydrogen (secondary N) is 2. The quantitative estimate of drug-likeness (QED) is 0.786. The van der Waals surface area contributed by atoms with Gasteiger partial charge in [-0.05, 0) is 44.5 Å². The Morgan fingerprint density at radius 1 is 1.50 bits per heavy atom. The summed E-state index contributed by atoms with van der Waals surface area (Å²) in [5.41, 5.74) is -0.0848. The molecule has 4 heteroatoms. The van der Waals surface area contributed by atoms with Crippen LogP contribution in [0.4, 0.5) is 0 Å². The lowest BCUT2D eigenvalue weighted by molar-refractivity contribution is -0.133. The van der Waals surface area contributed by atoms with Crippen molar-refractivity contribution in [1.82, 2.24) is 10.6 Å². The first kappa shape index (κ1) is 12.2. The molecule has 0 aromatic carbocycles. The highest BCUT2D eigenvalue weighted by Crippen LogP contribution is 2.33. The zero-order chi connectivity index (χ0) is 11.4. The monoisotopic (exact) mass is 242 g/mol. The summed E-state index contributed by atoms with van der Waals surface area (Å²) in [5, 5.41) is 6.59. The van der Waals surface area contributed by atoms with Crippen molar-refractivity contribution >= 4 is 17.7 Å². The first-order valence-corrected chi connectivity index (χ1v) is 7.52. The highest BCUT2D eigenvalue weighted by molar-refractivity contribution is 7.99. The molecule has 0 saturated carbocycles. The van der Waals surface area contributed by atoms with E-state index in [1.54, 1.807) is 0 Å². The van der Waals surface area contributed by atoms with Crippen molar-refractivity contribution < 1.29 is 4.79 Å². The van der Waals surface area contributed by atoms with E-state index in [0.717, 1.165) is 44.5 Å². The largest absolute Gasteiger partial charge is 0.352 e. The van der Waals surface area contributed by atoms with Crippen LogP contribution < -0.4 is 10.6 Å². The number of hydrogen-bond donors (Lipinski definition) is 2. The molecule has 2 aliphatic rings. The van der Waals surface area contributed by atoms with Crippen molar-refractivity contribution in [1.29, 1.82) is 0 Å². The first-order valence-electron chi connectivity index (χ1n) is 6.36. The fraction of sp³-hybridized carbons (Fsp3) is 0.917. The van der Waals surface area contributed by atoms with Crippen molar-refractivity contribution in [2.45, 2.75) is 38.6 Å². The summed E-state index contributed by atoms with van der Waals surface area (Å²) in [5.74, 6) is 2.61. The molecule has 2 fully saturated rings. The maximum Gasteiger partial charge on any atom is 0.226 e. The second-order valence-electron chi connectivity index (χ2n) is 4.92. The third kappa shape index (κ3) is 2.54. The highest BCUT2D eigenvalue weighted by atomic mass is 32.2. The van der Waals surface area contributed by atoms with Gasteiger partial charge in [-0.3, -0.25) is 4.79 Å². The van der Waals surface area contributed by atoms with Gasteiger partial charge in [-0.25, -0.2) is 0 Å². The standard InChI is InChI=1S/C12H22N2OS/c1-2-12(4-6-13-7-5-12)11(15)14-10-3-8-16-9-10/h10,13H,2-9H2,1H3,(H,14,15). The van der Waals surface area contributed by atoms with E-state index in [2.05, 4.69) is 17.6 Å². The smallest absolute Gasteiger partial charge is 0.226 e. The summed E-state index contributed by atoms with van der Waals surface area (Å²) in [6.07, 6.45) is 4.11. The van der Waals surface area contributed by atoms with Gasteiger partial charge in [0, 0.05) is 11.8 Å². The van der Waals surface area contributed by atoms with Gasteiger partial charge in [-0.15, -0.1) is 0 Å². The van der Waals surface area contributed by atoms with Crippen LogP contribution in [0.2, 0.25) is 0 Å². The van der Waals surface area contributed by atoms with E-state index in [9.17, 15) is 4.79 Å². The average Bonchev–Trinajstić information content (AvgIpc) is 2.82. The van der Waals surface area contributed by atoms with Crippen LogP contribution in [0.5, 0.6) is 0 Å². The minimum absolute atomic E-state index is 0.0848.